The Bertz CT molecular complexity index is 288. The lowest BCUT2D eigenvalue weighted by molar-refractivity contribution is -0.148. The van der Waals surface area contributed by atoms with E-state index in [-0.39, 0.29) is 0 Å². The molecule has 0 aromatic rings. The average molecular weight is 359 g/mol. The van der Waals surface area contributed by atoms with Crippen molar-refractivity contribution in [3.05, 3.63) is 0 Å². The molecule has 1 amide bonds. The fourth-order valence-corrected chi connectivity index (χ4v) is 1.90. The third-order valence-electron chi connectivity index (χ3n) is 2.65. The molecule has 4 atom stereocenters. The number of carbonyl (C=O) groups excluding carboxylic acids is 1. The van der Waals surface area contributed by atoms with E-state index in [0.717, 1.165) is 0 Å². The van der Waals surface area contributed by atoms with Crippen molar-refractivity contribution in [3.63, 3.8) is 0 Å². The van der Waals surface area contributed by atoms with Crippen molar-refractivity contribution in [2.75, 3.05) is 34.5 Å². The zero-order chi connectivity index (χ0) is 18.4. The van der Waals surface area contributed by atoms with Gasteiger partial charge in [0.15, 0.2) is 6.10 Å². The molecule has 0 saturated carbocycles. The maximum atomic E-state index is 11.2. The van der Waals surface area contributed by atoms with Gasteiger partial charge in [0.25, 0.3) is 5.91 Å². The number of carbonyl (C=O) groups is 1. The fraction of sp³-hybridized carbons (Fsp3) is 0.917. The highest BCUT2D eigenvalue weighted by Gasteiger charge is 2.33. The molecule has 0 aliphatic carbocycles. The monoisotopic (exact) mass is 359 g/mol. The van der Waals surface area contributed by atoms with Crippen LogP contribution >= 0.6 is 0 Å². The molecule has 0 aliphatic heterocycles. The normalized spacial score (nSPS) is 16.1. The second-order valence-electron chi connectivity index (χ2n) is 4.46. The predicted molar refractivity (Wildman–Crippen MR) is 82.6 cm³/mol. The Hall–Kier alpha value is -0.633. The summed E-state index contributed by atoms with van der Waals surface area (Å²) in [5.74, 6) is -0.835. The van der Waals surface area contributed by atoms with E-state index in [4.69, 9.17) is 23.5 Å². The van der Waals surface area contributed by atoms with Gasteiger partial charge in [-0.3, -0.25) is 4.79 Å². The largest absolute Gasteiger partial charge is 0.483 e. The van der Waals surface area contributed by atoms with Gasteiger partial charge in [0.05, 0.1) is 6.61 Å². The number of nitrogens with one attached hydrogen (secondary N) is 1. The number of hydrogen-bond donors (Lipinski definition) is 6. The zero-order valence-electron chi connectivity index (χ0n) is 13.9. The van der Waals surface area contributed by atoms with Crippen LogP contribution in [0.2, 0.25) is 0 Å². The fourth-order valence-electron chi connectivity index (χ4n) is 1.32. The van der Waals surface area contributed by atoms with Crippen LogP contribution in [0, 0.1) is 0 Å². The van der Waals surface area contributed by atoms with E-state index >= 15 is 0 Å². The van der Waals surface area contributed by atoms with E-state index in [1.54, 1.807) is 21.3 Å². The first-order valence-corrected chi connectivity index (χ1v) is 8.41. The predicted octanol–water partition coefficient (Wildman–Crippen LogP) is -3.41. The van der Waals surface area contributed by atoms with Crippen molar-refractivity contribution in [2.45, 2.75) is 37.8 Å². The highest BCUT2D eigenvalue weighted by atomic mass is 28.3. The average Bonchev–Trinajstić information content (AvgIpc) is 2.58. The summed E-state index contributed by atoms with van der Waals surface area (Å²) in [6.07, 6.45) is -6.42. The molecule has 0 saturated heterocycles. The van der Waals surface area contributed by atoms with Crippen molar-refractivity contribution in [1.29, 1.82) is 0 Å². The van der Waals surface area contributed by atoms with Crippen molar-refractivity contribution in [1.82, 2.24) is 5.32 Å². The van der Waals surface area contributed by atoms with Crippen molar-refractivity contribution in [3.8, 4) is 0 Å². The number of hydrogen-bond acceptors (Lipinski definition) is 9. The van der Waals surface area contributed by atoms with Crippen LogP contribution in [0.3, 0.4) is 0 Å². The summed E-state index contributed by atoms with van der Waals surface area (Å²) >= 11 is 0. The Labute approximate surface area is 137 Å². The number of rotatable bonds is 10. The van der Waals surface area contributed by atoms with Crippen LogP contribution in [0.4, 0.5) is 0 Å². The third kappa shape index (κ3) is 10.7. The molecule has 0 heterocycles. The van der Waals surface area contributed by atoms with E-state index in [9.17, 15) is 20.1 Å². The highest BCUT2D eigenvalue weighted by Crippen LogP contribution is 2.05. The molecule has 23 heavy (non-hydrogen) atoms. The maximum absolute atomic E-state index is 11.2. The van der Waals surface area contributed by atoms with Gasteiger partial charge < -0.3 is 44.1 Å². The molecule has 0 aromatic heterocycles. The van der Waals surface area contributed by atoms with Gasteiger partial charge in [-0.15, -0.1) is 0 Å². The van der Waals surface area contributed by atoms with E-state index in [1.165, 1.54) is 0 Å². The minimum Gasteiger partial charge on any atom is -0.394 e. The highest BCUT2D eigenvalue weighted by molar-refractivity contribution is 6.36. The minimum absolute atomic E-state index is 0.335. The van der Waals surface area contributed by atoms with E-state index < -0.39 is 46.5 Å². The van der Waals surface area contributed by atoms with Crippen LogP contribution < -0.4 is 5.32 Å². The second kappa shape index (κ2) is 14.9. The summed E-state index contributed by atoms with van der Waals surface area (Å²) in [7, 11) is 3.05. The van der Waals surface area contributed by atoms with Crippen molar-refractivity contribution in [2.24, 2.45) is 0 Å². The zero-order valence-corrected chi connectivity index (χ0v) is 15.0. The van der Waals surface area contributed by atoms with E-state index in [1.807, 2.05) is 6.92 Å². The van der Waals surface area contributed by atoms with Gasteiger partial charge in [-0.25, -0.2) is 0 Å². The Morgan fingerprint density at radius 2 is 1.52 bits per heavy atom. The first-order valence-electron chi connectivity index (χ1n) is 6.99. The molecule has 140 valence electrons. The van der Waals surface area contributed by atoms with Crippen LogP contribution in [-0.2, 0) is 18.1 Å². The molecule has 0 bridgehead atoms. The van der Waals surface area contributed by atoms with Gasteiger partial charge in [0.1, 0.15) is 18.3 Å². The molecule has 0 aliphatic rings. The van der Waals surface area contributed by atoms with Gasteiger partial charge in [-0.2, -0.15) is 0 Å². The molecule has 0 aromatic carbocycles. The van der Waals surface area contributed by atoms with Crippen LogP contribution in [0.1, 0.15) is 13.3 Å². The van der Waals surface area contributed by atoms with Gasteiger partial charge in [0.2, 0.25) is 0 Å². The standard InChI is InChI=1S/C9H19NO6.C3H10O3Si/c1-2-3-10-9(16)8(15)7(14)6(13)5(12)4-11;1-4-7(5-2)6-3/h5-8,11-15H,2-4H2,1H3,(H,10,16);7H,1-3H3/t5-,6-,7+,8-;/m1./s1. The van der Waals surface area contributed by atoms with Gasteiger partial charge in [0, 0.05) is 27.9 Å². The molecular weight excluding hydrogens is 330 g/mol. The van der Waals surface area contributed by atoms with Crippen LogP contribution in [0.5, 0.6) is 0 Å². The lowest BCUT2D eigenvalue weighted by Gasteiger charge is -2.24. The lowest BCUT2D eigenvalue weighted by Crippen LogP contribution is -2.51. The molecule has 0 fully saturated rings. The van der Waals surface area contributed by atoms with Crippen LogP contribution in [0.25, 0.3) is 0 Å². The molecular formula is C12H29NO9Si. The Kier molecular flexibility index (Phi) is 16.0. The molecule has 10 nitrogen and oxygen atoms in total. The number of aliphatic hydroxyl groups is 5. The quantitative estimate of drug-likeness (QED) is 0.219. The van der Waals surface area contributed by atoms with Crippen molar-refractivity contribution >= 4 is 15.4 Å². The minimum atomic E-state index is -1.85. The SMILES string of the molecule is CCCNC(=O)[C@H](O)[C@@H](O)[C@H](O)[C@H](O)CO.CO[SiH](OC)OC. The Morgan fingerprint density at radius 3 is 1.83 bits per heavy atom. The smallest absolute Gasteiger partial charge is 0.394 e. The molecule has 6 N–H and O–H groups in total. The van der Waals surface area contributed by atoms with Gasteiger partial charge in [-0.05, 0) is 6.42 Å². The third-order valence-corrected chi connectivity index (χ3v) is 3.80. The van der Waals surface area contributed by atoms with Crippen LogP contribution in [-0.4, -0.2) is 99.9 Å². The van der Waals surface area contributed by atoms with E-state index in [2.05, 4.69) is 5.32 Å². The molecule has 0 spiro atoms. The molecule has 11 heteroatoms. The summed E-state index contributed by atoms with van der Waals surface area (Å²) in [4.78, 5) is 11.2. The number of amides is 1. The first-order chi connectivity index (χ1) is 10.8. The topological polar surface area (TPSA) is 158 Å². The summed E-state index contributed by atoms with van der Waals surface area (Å²) < 4.78 is 14.2. The maximum Gasteiger partial charge on any atom is 0.483 e. The van der Waals surface area contributed by atoms with Crippen molar-refractivity contribution < 1.29 is 43.6 Å². The Morgan fingerprint density at radius 1 is 1.04 bits per heavy atom. The molecule has 0 radical (unpaired) electrons. The molecule has 0 rings (SSSR count). The molecule has 0 unspecified atom stereocenters. The Balaban J connectivity index is 0. The summed E-state index contributed by atoms with van der Waals surface area (Å²) in [5, 5.41) is 47.7. The summed E-state index contributed by atoms with van der Waals surface area (Å²) in [6, 6.07) is 0. The summed E-state index contributed by atoms with van der Waals surface area (Å²) in [6.45, 7) is 1.37. The van der Waals surface area contributed by atoms with Crippen LogP contribution in [0.15, 0.2) is 0 Å². The van der Waals surface area contributed by atoms with Gasteiger partial charge >= 0.3 is 9.53 Å². The van der Waals surface area contributed by atoms with E-state index in [0.29, 0.717) is 13.0 Å². The first kappa shape index (κ1) is 24.6. The lowest BCUT2D eigenvalue weighted by atomic mass is 10.0. The number of aliphatic hydroxyl groups excluding tert-OH is 5. The summed E-state index contributed by atoms with van der Waals surface area (Å²) in [5.41, 5.74) is 0. The van der Waals surface area contributed by atoms with Gasteiger partial charge in [-0.1, -0.05) is 6.92 Å². The second-order valence-corrected chi connectivity index (χ2v) is 6.45.